The second-order valence-corrected chi connectivity index (χ2v) is 6.00. The molecule has 0 radical (unpaired) electrons. The van der Waals surface area contributed by atoms with E-state index in [9.17, 15) is 4.79 Å². The third-order valence-corrected chi connectivity index (χ3v) is 4.48. The normalized spacial score (nSPS) is 28.5. The molecule has 1 aliphatic carbocycles. The molecule has 2 atom stereocenters. The molecule has 0 unspecified atom stereocenters. The number of carbonyl (C=O) groups is 1. The van der Waals surface area contributed by atoms with E-state index in [0.29, 0.717) is 6.54 Å². The van der Waals surface area contributed by atoms with Crippen LogP contribution in [0.15, 0.2) is 0 Å². The van der Waals surface area contributed by atoms with Crippen LogP contribution >= 0.6 is 0 Å². The monoisotopic (exact) mass is 268 g/mol. The minimum absolute atomic E-state index is 0.0552. The molecule has 110 valence electrons. The number of nitrogens with one attached hydrogen (secondary N) is 1. The van der Waals surface area contributed by atoms with Crippen molar-refractivity contribution in [3.05, 3.63) is 0 Å². The lowest BCUT2D eigenvalue weighted by Crippen LogP contribution is -2.36. The summed E-state index contributed by atoms with van der Waals surface area (Å²) >= 11 is 0. The molecule has 2 aliphatic rings. The predicted octanol–water partition coefficient (Wildman–Crippen LogP) is 1.97. The van der Waals surface area contributed by atoms with Crippen molar-refractivity contribution < 1.29 is 9.53 Å². The van der Waals surface area contributed by atoms with Crippen molar-refractivity contribution in [2.24, 2.45) is 11.7 Å². The first-order valence-corrected chi connectivity index (χ1v) is 7.93. The molecule has 0 bridgehead atoms. The minimum Gasteiger partial charge on any atom is -0.364 e. The first-order chi connectivity index (χ1) is 9.29. The molecule has 0 aromatic heterocycles. The summed E-state index contributed by atoms with van der Waals surface area (Å²) in [4.78, 5) is 11.9. The molecule has 19 heavy (non-hydrogen) atoms. The van der Waals surface area contributed by atoms with Crippen LogP contribution in [0.4, 0.5) is 0 Å². The van der Waals surface area contributed by atoms with Gasteiger partial charge in [-0.25, -0.2) is 0 Å². The van der Waals surface area contributed by atoms with Gasteiger partial charge in [-0.2, -0.15) is 0 Å². The molecule has 4 nitrogen and oxygen atoms in total. The largest absolute Gasteiger partial charge is 0.364 e. The zero-order valence-electron chi connectivity index (χ0n) is 11.9. The second kappa shape index (κ2) is 7.85. The van der Waals surface area contributed by atoms with Crippen molar-refractivity contribution in [3.63, 3.8) is 0 Å². The van der Waals surface area contributed by atoms with Gasteiger partial charge in [-0.1, -0.05) is 32.1 Å². The Morgan fingerprint density at radius 2 is 1.95 bits per heavy atom. The van der Waals surface area contributed by atoms with Gasteiger partial charge in [0.25, 0.3) is 0 Å². The van der Waals surface area contributed by atoms with E-state index >= 15 is 0 Å². The number of hydrogen-bond acceptors (Lipinski definition) is 3. The van der Waals surface area contributed by atoms with Crippen molar-refractivity contribution in [3.8, 4) is 0 Å². The Balaban J connectivity index is 1.54. The average molecular weight is 268 g/mol. The fourth-order valence-electron chi connectivity index (χ4n) is 3.26. The SMILES string of the molecule is NC[C@H]1CC[C@@H](C(=O)NCCCC2CCCCC2)O1. The number of hydrogen-bond donors (Lipinski definition) is 2. The highest BCUT2D eigenvalue weighted by molar-refractivity contribution is 5.80. The Labute approximate surface area is 116 Å². The third kappa shape index (κ3) is 4.77. The Morgan fingerprint density at radius 3 is 2.63 bits per heavy atom. The first kappa shape index (κ1) is 14.8. The third-order valence-electron chi connectivity index (χ3n) is 4.48. The molecule has 1 heterocycles. The molecule has 3 N–H and O–H groups in total. The van der Waals surface area contributed by atoms with Gasteiger partial charge < -0.3 is 15.8 Å². The molecular formula is C15H28N2O2. The highest BCUT2D eigenvalue weighted by Gasteiger charge is 2.29. The second-order valence-electron chi connectivity index (χ2n) is 6.00. The molecule has 2 fully saturated rings. The van der Waals surface area contributed by atoms with Crippen molar-refractivity contribution >= 4 is 5.91 Å². The summed E-state index contributed by atoms with van der Waals surface area (Å²) in [5, 5.41) is 3.00. The fraction of sp³-hybridized carbons (Fsp3) is 0.933. The van der Waals surface area contributed by atoms with Gasteiger partial charge >= 0.3 is 0 Å². The lowest BCUT2D eigenvalue weighted by atomic mass is 9.86. The standard InChI is InChI=1S/C15H28N2O2/c16-11-13-8-9-14(19-13)15(18)17-10-4-7-12-5-2-1-3-6-12/h12-14H,1-11,16H2,(H,17,18)/t13-,14+/m1/s1. The minimum atomic E-state index is -0.261. The molecule has 0 spiro atoms. The van der Waals surface area contributed by atoms with Crippen LogP contribution in [0.3, 0.4) is 0 Å². The summed E-state index contributed by atoms with van der Waals surface area (Å²) in [7, 11) is 0. The van der Waals surface area contributed by atoms with Crippen LogP contribution in [0.5, 0.6) is 0 Å². The van der Waals surface area contributed by atoms with E-state index in [1.807, 2.05) is 0 Å². The Hall–Kier alpha value is -0.610. The molecule has 0 aromatic carbocycles. The van der Waals surface area contributed by atoms with Gasteiger partial charge in [0, 0.05) is 13.1 Å². The van der Waals surface area contributed by atoms with E-state index in [0.717, 1.165) is 31.7 Å². The van der Waals surface area contributed by atoms with Gasteiger partial charge in [0.15, 0.2) is 0 Å². The number of rotatable bonds is 6. The molecule has 1 aliphatic heterocycles. The van der Waals surface area contributed by atoms with E-state index in [-0.39, 0.29) is 18.1 Å². The molecule has 0 aromatic rings. The summed E-state index contributed by atoms with van der Waals surface area (Å²) in [5.74, 6) is 0.953. The van der Waals surface area contributed by atoms with Crippen LogP contribution in [0.1, 0.15) is 57.8 Å². The van der Waals surface area contributed by atoms with Crippen LogP contribution in [-0.2, 0) is 9.53 Å². The quantitative estimate of drug-likeness (QED) is 0.724. The summed E-state index contributed by atoms with van der Waals surface area (Å²) in [5.41, 5.74) is 5.54. The van der Waals surface area contributed by atoms with Crippen molar-refractivity contribution in [1.82, 2.24) is 5.32 Å². The number of amides is 1. The van der Waals surface area contributed by atoms with Gasteiger partial charge in [-0.05, 0) is 31.6 Å². The van der Waals surface area contributed by atoms with Gasteiger partial charge in [0.2, 0.25) is 5.91 Å². The van der Waals surface area contributed by atoms with E-state index in [2.05, 4.69) is 5.32 Å². The molecule has 1 amide bonds. The van der Waals surface area contributed by atoms with E-state index in [4.69, 9.17) is 10.5 Å². The molecular weight excluding hydrogens is 240 g/mol. The van der Waals surface area contributed by atoms with Crippen molar-refractivity contribution in [2.75, 3.05) is 13.1 Å². The maximum atomic E-state index is 11.9. The van der Waals surface area contributed by atoms with Crippen LogP contribution < -0.4 is 11.1 Å². The van der Waals surface area contributed by atoms with E-state index in [1.54, 1.807) is 0 Å². The maximum absolute atomic E-state index is 11.9. The average Bonchev–Trinajstić information content (AvgIpc) is 2.93. The lowest BCUT2D eigenvalue weighted by molar-refractivity contribution is -0.131. The zero-order chi connectivity index (χ0) is 13.5. The highest BCUT2D eigenvalue weighted by Crippen LogP contribution is 2.27. The summed E-state index contributed by atoms with van der Waals surface area (Å²) in [6, 6.07) is 0. The molecule has 4 heteroatoms. The van der Waals surface area contributed by atoms with Gasteiger partial charge in [0.05, 0.1) is 6.10 Å². The molecule has 2 rings (SSSR count). The van der Waals surface area contributed by atoms with Crippen molar-refractivity contribution in [2.45, 2.75) is 70.0 Å². The van der Waals surface area contributed by atoms with Crippen LogP contribution in [0.2, 0.25) is 0 Å². The fourth-order valence-corrected chi connectivity index (χ4v) is 3.26. The Bertz CT molecular complexity index is 277. The Morgan fingerprint density at radius 1 is 1.16 bits per heavy atom. The summed E-state index contributed by atoms with van der Waals surface area (Å²) in [6.45, 7) is 1.31. The van der Waals surface area contributed by atoms with E-state index < -0.39 is 0 Å². The number of nitrogens with two attached hydrogens (primary N) is 1. The predicted molar refractivity (Wildman–Crippen MR) is 75.8 cm³/mol. The van der Waals surface area contributed by atoms with Crippen LogP contribution in [0, 0.1) is 5.92 Å². The van der Waals surface area contributed by atoms with Crippen molar-refractivity contribution in [1.29, 1.82) is 0 Å². The molecule has 1 saturated heterocycles. The van der Waals surface area contributed by atoms with Gasteiger partial charge in [0.1, 0.15) is 6.10 Å². The molecule has 1 saturated carbocycles. The van der Waals surface area contributed by atoms with Crippen LogP contribution in [-0.4, -0.2) is 31.2 Å². The van der Waals surface area contributed by atoms with Crippen LogP contribution in [0.25, 0.3) is 0 Å². The first-order valence-electron chi connectivity index (χ1n) is 7.93. The summed E-state index contributed by atoms with van der Waals surface area (Å²) in [6.07, 6.45) is 10.9. The van der Waals surface area contributed by atoms with E-state index in [1.165, 1.54) is 38.5 Å². The van der Waals surface area contributed by atoms with Gasteiger partial charge in [-0.15, -0.1) is 0 Å². The Kier molecular flexibility index (Phi) is 6.11. The summed E-state index contributed by atoms with van der Waals surface area (Å²) < 4.78 is 5.58. The number of carbonyl (C=O) groups excluding carboxylic acids is 1. The lowest BCUT2D eigenvalue weighted by Gasteiger charge is -2.21. The maximum Gasteiger partial charge on any atom is 0.249 e. The number of ether oxygens (including phenoxy) is 1. The zero-order valence-corrected chi connectivity index (χ0v) is 11.9. The smallest absolute Gasteiger partial charge is 0.249 e. The van der Waals surface area contributed by atoms with Gasteiger partial charge in [-0.3, -0.25) is 4.79 Å². The highest BCUT2D eigenvalue weighted by atomic mass is 16.5. The topological polar surface area (TPSA) is 64.4 Å².